The lowest BCUT2D eigenvalue weighted by molar-refractivity contribution is 0.409. The molecule has 0 saturated carbocycles. The Hall–Kier alpha value is -1.98. The van der Waals surface area contributed by atoms with Crippen molar-refractivity contribution in [2.75, 3.05) is 7.11 Å². The van der Waals surface area contributed by atoms with Crippen molar-refractivity contribution in [3.05, 3.63) is 64.2 Å². The average molecular weight is 300 g/mol. The van der Waals surface area contributed by atoms with Crippen LogP contribution in [0.5, 0.6) is 5.75 Å². The Bertz CT molecular complexity index is 643. The maximum Gasteiger partial charge on any atom is 0.122 e. The highest BCUT2D eigenvalue weighted by Gasteiger charge is 2.15. The van der Waals surface area contributed by atoms with E-state index in [1.54, 1.807) is 7.11 Å². The van der Waals surface area contributed by atoms with E-state index in [1.807, 2.05) is 30.3 Å². The van der Waals surface area contributed by atoms with Crippen molar-refractivity contribution < 1.29 is 4.74 Å². The number of nitriles is 1. The third-order valence-electron chi connectivity index (χ3n) is 3.61. The van der Waals surface area contributed by atoms with Gasteiger partial charge in [-0.3, -0.25) is 0 Å². The molecule has 0 saturated heterocycles. The summed E-state index contributed by atoms with van der Waals surface area (Å²) in [5.74, 6) is 0.629. The van der Waals surface area contributed by atoms with E-state index in [0.717, 1.165) is 23.3 Å². The molecule has 2 nitrogen and oxygen atoms in total. The van der Waals surface area contributed by atoms with Crippen molar-refractivity contribution in [2.45, 2.75) is 25.7 Å². The summed E-state index contributed by atoms with van der Waals surface area (Å²) < 4.78 is 5.41. The fourth-order valence-corrected chi connectivity index (χ4v) is 2.49. The molecule has 3 heteroatoms. The van der Waals surface area contributed by atoms with E-state index in [1.165, 1.54) is 5.56 Å². The first-order valence-corrected chi connectivity index (χ1v) is 7.36. The summed E-state index contributed by atoms with van der Waals surface area (Å²) in [4.78, 5) is 0. The van der Waals surface area contributed by atoms with Gasteiger partial charge in [-0.2, -0.15) is 5.26 Å². The van der Waals surface area contributed by atoms with Crippen molar-refractivity contribution in [3.63, 3.8) is 0 Å². The van der Waals surface area contributed by atoms with Crippen molar-refractivity contribution in [1.29, 1.82) is 5.26 Å². The zero-order chi connectivity index (χ0) is 15.2. The minimum atomic E-state index is -0.205. The largest absolute Gasteiger partial charge is 0.496 e. The monoisotopic (exact) mass is 299 g/mol. The molecule has 0 heterocycles. The summed E-state index contributed by atoms with van der Waals surface area (Å²) in [6.45, 7) is 2.12. The SMILES string of the molecule is CCc1ccc(OC)c(CC(C#N)c2ccc(Cl)cc2)c1. The van der Waals surface area contributed by atoms with E-state index < -0.39 is 0 Å². The maximum absolute atomic E-state index is 9.48. The van der Waals surface area contributed by atoms with Gasteiger partial charge in [-0.1, -0.05) is 42.8 Å². The van der Waals surface area contributed by atoms with Crippen LogP contribution in [0.25, 0.3) is 0 Å². The fraction of sp³-hybridized carbons (Fsp3) is 0.278. The van der Waals surface area contributed by atoms with Crippen LogP contribution in [0.2, 0.25) is 5.02 Å². The van der Waals surface area contributed by atoms with Gasteiger partial charge in [0.2, 0.25) is 0 Å². The first-order chi connectivity index (χ1) is 10.2. The normalized spacial score (nSPS) is 11.7. The number of rotatable bonds is 5. The molecule has 0 amide bonds. The number of hydrogen-bond donors (Lipinski definition) is 0. The van der Waals surface area contributed by atoms with E-state index in [9.17, 15) is 5.26 Å². The maximum atomic E-state index is 9.48. The molecule has 0 aliphatic heterocycles. The number of hydrogen-bond acceptors (Lipinski definition) is 2. The van der Waals surface area contributed by atoms with Gasteiger partial charge in [-0.05, 0) is 47.7 Å². The molecule has 0 aromatic heterocycles. The first kappa shape index (κ1) is 15.4. The van der Waals surface area contributed by atoms with Crippen LogP contribution < -0.4 is 4.74 Å². The number of benzene rings is 2. The molecule has 2 aromatic rings. The molecule has 108 valence electrons. The van der Waals surface area contributed by atoms with Gasteiger partial charge in [0.05, 0.1) is 19.1 Å². The van der Waals surface area contributed by atoms with Crippen molar-refractivity contribution >= 4 is 11.6 Å². The van der Waals surface area contributed by atoms with Crippen molar-refractivity contribution in [3.8, 4) is 11.8 Å². The zero-order valence-electron chi connectivity index (χ0n) is 12.3. The molecule has 1 unspecified atom stereocenters. The second-order valence-corrected chi connectivity index (χ2v) is 5.37. The lowest BCUT2D eigenvalue weighted by Crippen LogP contribution is -2.03. The summed E-state index contributed by atoms with van der Waals surface area (Å²) in [6.07, 6.45) is 1.60. The Morgan fingerprint density at radius 3 is 2.48 bits per heavy atom. The summed E-state index contributed by atoms with van der Waals surface area (Å²) in [5.41, 5.74) is 3.29. The third-order valence-corrected chi connectivity index (χ3v) is 3.86. The smallest absolute Gasteiger partial charge is 0.122 e. The van der Waals surface area contributed by atoms with Crippen LogP contribution in [0.3, 0.4) is 0 Å². The average Bonchev–Trinajstić information content (AvgIpc) is 2.53. The molecule has 0 aliphatic rings. The summed E-state index contributed by atoms with van der Waals surface area (Å²) >= 11 is 5.90. The summed E-state index contributed by atoms with van der Waals surface area (Å²) in [5, 5.41) is 10.2. The number of aryl methyl sites for hydroxylation is 1. The zero-order valence-corrected chi connectivity index (χ0v) is 13.0. The van der Waals surface area contributed by atoms with Gasteiger partial charge in [0.1, 0.15) is 5.75 Å². The Morgan fingerprint density at radius 1 is 1.19 bits per heavy atom. The van der Waals surface area contributed by atoms with Gasteiger partial charge in [0.25, 0.3) is 0 Å². The van der Waals surface area contributed by atoms with Gasteiger partial charge in [-0.25, -0.2) is 0 Å². The summed E-state index contributed by atoms with van der Waals surface area (Å²) in [6, 6.07) is 16.0. The van der Waals surface area contributed by atoms with Crippen LogP contribution in [0.1, 0.15) is 29.5 Å². The van der Waals surface area contributed by atoms with Crippen LogP contribution >= 0.6 is 11.6 Å². The number of nitrogens with zero attached hydrogens (tertiary/aromatic N) is 1. The Balaban J connectivity index is 2.30. The Morgan fingerprint density at radius 2 is 1.90 bits per heavy atom. The predicted molar refractivity (Wildman–Crippen MR) is 85.9 cm³/mol. The lowest BCUT2D eigenvalue weighted by atomic mass is 9.92. The molecule has 0 spiro atoms. The number of ether oxygens (including phenoxy) is 1. The molecule has 1 atom stereocenters. The minimum Gasteiger partial charge on any atom is -0.496 e. The lowest BCUT2D eigenvalue weighted by Gasteiger charge is -2.14. The quantitative estimate of drug-likeness (QED) is 0.797. The van der Waals surface area contributed by atoms with Crippen LogP contribution in [-0.2, 0) is 12.8 Å². The Kier molecular flexibility index (Phi) is 5.25. The van der Waals surface area contributed by atoms with Gasteiger partial charge in [-0.15, -0.1) is 0 Å². The highest BCUT2D eigenvalue weighted by Crippen LogP contribution is 2.28. The van der Waals surface area contributed by atoms with E-state index in [2.05, 4.69) is 25.1 Å². The van der Waals surface area contributed by atoms with Gasteiger partial charge in [0, 0.05) is 5.02 Å². The van der Waals surface area contributed by atoms with E-state index >= 15 is 0 Å². The number of halogens is 1. The number of methoxy groups -OCH3 is 1. The van der Waals surface area contributed by atoms with Crippen molar-refractivity contribution in [2.24, 2.45) is 0 Å². The molecular formula is C18H18ClNO. The van der Waals surface area contributed by atoms with Gasteiger partial charge < -0.3 is 4.74 Å². The molecule has 0 N–H and O–H groups in total. The van der Waals surface area contributed by atoms with Crippen LogP contribution in [0, 0.1) is 11.3 Å². The van der Waals surface area contributed by atoms with E-state index in [-0.39, 0.29) is 5.92 Å². The second-order valence-electron chi connectivity index (χ2n) is 4.94. The second kappa shape index (κ2) is 7.15. The molecule has 0 bridgehead atoms. The van der Waals surface area contributed by atoms with Gasteiger partial charge in [0.15, 0.2) is 0 Å². The highest BCUT2D eigenvalue weighted by atomic mass is 35.5. The molecule has 2 rings (SSSR count). The molecule has 21 heavy (non-hydrogen) atoms. The Labute approximate surface area is 130 Å². The molecule has 0 fully saturated rings. The molecule has 0 aliphatic carbocycles. The molecular weight excluding hydrogens is 282 g/mol. The molecule has 0 radical (unpaired) electrons. The molecule has 2 aromatic carbocycles. The summed E-state index contributed by atoms with van der Waals surface area (Å²) in [7, 11) is 1.66. The topological polar surface area (TPSA) is 33.0 Å². The highest BCUT2D eigenvalue weighted by molar-refractivity contribution is 6.30. The fourth-order valence-electron chi connectivity index (χ4n) is 2.36. The van der Waals surface area contributed by atoms with Crippen LogP contribution in [-0.4, -0.2) is 7.11 Å². The van der Waals surface area contributed by atoms with Gasteiger partial charge >= 0.3 is 0 Å². The van der Waals surface area contributed by atoms with E-state index in [4.69, 9.17) is 16.3 Å². The van der Waals surface area contributed by atoms with Crippen LogP contribution in [0.4, 0.5) is 0 Å². The third kappa shape index (κ3) is 3.77. The van der Waals surface area contributed by atoms with E-state index in [0.29, 0.717) is 11.4 Å². The standard InChI is InChI=1S/C18H18ClNO/c1-3-13-4-9-18(21-2)15(10-13)11-16(12-20)14-5-7-17(19)8-6-14/h4-10,16H,3,11H2,1-2H3. The minimum absolute atomic E-state index is 0.205. The van der Waals surface area contributed by atoms with Crippen LogP contribution in [0.15, 0.2) is 42.5 Å². The predicted octanol–water partition coefficient (Wildman–Crippen LogP) is 4.76. The van der Waals surface area contributed by atoms with Crippen molar-refractivity contribution in [1.82, 2.24) is 0 Å². The first-order valence-electron chi connectivity index (χ1n) is 6.98.